The van der Waals surface area contributed by atoms with Gasteiger partial charge in [0.05, 0.1) is 5.75 Å². The van der Waals surface area contributed by atoms with E-state index in [2.05, 4.69) is 32.7 Å². The van der Waals surface area contributed by atoms with Gasteiger partial charge in [0.25, 0.3) is 0 Å². The van der Waals surface area contributed by atoms with E-state index in [0.29, 0.717) is 14.6 Å². The summed E-state index contributed by atoms with van der Waals surface area (Å²) in [5.41, 5.74) is 0. The highest BCUT2D eigenvalue weighted by Crippen LogP contribution is 2.33. The summed E-state index contributed by atoms with van der Waals surface area (Å²) in [4.78, 5) is 28.4. The molecule has 0 radical (unpaired) electrons. The first kappa shape index (κ1) is 21.2. The third-order valence-corrected chi connectivity index (χ3v) is 7.49. The second-order valence-corrected chi connectivity index (χ2v) is 9.99. The van der Waals surface area contributed by atoms with Gasteiger partial charge in [-0.2, -0.15) is 0 Å². The van der Waals surface area contributed by atoms with Crippen LogP contribution < -0.4 is 10.6 Å². The van der Waals surface area contributed by atoms with E-state index in [1.807, 2.05) is 0 Å². The SMILES string of the molecule is CCCCC1CCC(C(=O)Nc2nnc(SCC(=O)Nc3nccs3)s2)CC1. The first-order valence-electron chi connectivity index (χ1n) is 9.60. The number of anilines is 2. The van der Waals surface area contributed by atoms with Crippen LogP contribution in [0.4, 0.5) is 10.3 Å². The Labute approximate surface area is 177 Å². The van der Waals surface area contributed by atoms with Crippen molar-refractivity contribution in [2.45, 2.75) is 56.2 Å². The van der Waals surface area contributed by atoms with Crippen LogP contribution in [0.25, 0.3) is 0 Å². The quantitative estimate of drug-likeness (QED) is 0.436. The highest BCUT2D eigenvalue weighted by Gasteiger charge is 2.26. The van der Waals surface area contributed by atoms with Gasteiger partial charge in [0.2, 0.25) is 16.9 Å². The second-order valence-electron chi connectivity index (χ2n) is 6.90. The smallest absolute Gasteiger partial charge is 0.236 e. The molecule has 2 aromatic rings. The summed E-state index contributed by atoms with van der Waals surface area (Å²) in [6.45, 7) is 2.22. The zero-order valence-electron chi connectivity index (χ0n) is 15.8. The number of hydrogen-bond donors (Lipinski definition) is 2. The molecule has 10 heteroatoms. The highest BCUT2D eigenvalue weighted by molar-refractivity contribution is 8.01. The van der Waals surface area contributed by atoms with Crippen LogP contribution in [0.3, 0.4) is 0 Å². The zero-order chi connectivity index (χ0) is 19.8. The summed E-state index contributed by atoms with van der Waals surface area (Å²) in [7, 11) is 0. The third kappa shape index (κ3) is 6.52. The zero-order valence-corrected chi connectivity index (χ0v) is 18.3. The van der Waals surface area contributed by atoms with Gasteiger partial charge in [0, 0.05) is 17.5 Å². The van der Waals surface area contributed by atoms with Gasteiger partial charge in [0.15, 0.2) is 9.47 Å². The number of rotatable bonds is 9. The van der Waals surface area contributed by atoms with Gasteiger partial charge in [-0.25, -0.2) is 4.98 Å². The minimum absolute atomic E-state index is 0.0446. The maximum Gasteiger partial charge on any atom is 0.236 e. The lowest BCUT2D eigenvalue weighted by molar-refractivity contribution is -0.121. The van der Waals surface area contributed by atoms with Crippen molar-refractivity contribution in [1.29, 1.82) is 0 Å². The summed E-state index contributed by atoms with van der Waals surface area (Å²) in [5.74, 6) is 0.985. The molecule has 0 spiro atoms. The topological polar surface area (TPSA) is 96.9 Å². The Kier molecular flexibility index (Phi) is 8.23. The number of thioether (sulfide) groups is 1. The van der Waals surface area contributed by atoms with E-state index in [4.69, 9.17) is 0 Å². The van der Waals surface area contributed by atoms with Gasteiger partial charge in [0.1, 0.15) is 0 Å². The first-order chi connectivity index (χ1) is 13.6. The largest absolute Gasteiger partial charge is 0.301 e. The lowest BCUT2D eigenvalue weighted by atomic mass is 9.79. The molecule has 1 aliphatic rings. The van der Waals surface area contributed by atoms with Crippen LogP contribution >= 0.6 is 34.4 Å². The highest BCUT2D eigenvalue weighted by atomic mass is 32.2. The van der Waals surface area contributed by atoms with E-state index >= 15 is 0 Å². The number of nitrogens with zero attached hydrogens (tertiary/aromatic N) is 3. The molecule has 0 bridgehead atoms. The van der Waals surface area contributed by atoms with Gasteiger partial charge in [-0.3, -0.25) is 9.59 Å². The number of unbranched alkanes of at least 4 members (excludes halogenated alkanes) is 1. The molecule has 2 heterocycles. The van der Waals surface area contributed by atoms with Crippen LogP contribution in [0.1, 0.15) is 51.9 Å². The molecule has 0 aliphatic heterocycles. The van der Waals surface area contributed by atoms with E-state index in [-0.39, 0.29) is 23.5 Å². The molecular formula is C18H25N5O2S3. The van der Waals surface area contributed by atoms with E-state index in [1.54, 1.807) is 11.6 Å². The maximum atomic E-state index is 12.5. The van der Waals surface area contributed by atoms with Crippen molar-refractivity contribution in [3.63, 3.8) is 0 Å². The van der Waals surface area contributed by atoms with Crippen LogP contribution in [0, 0.1) is 11.8 Å². The van der Waals surface area contributed by atoms with Crippen LogP contribution in [0.2, 0.25) is 0 Å². The minimum Gasteiger partial charge on any atom is -0.301 e. The normalized spacial score (nSPS) is 19.3. The molecule has 1 aliphatic carbocycles. The average molecular weight is 440 g/mol. The van der Waals surface area contributed by atoms with Crippen molar-refractivity contribution in [3.05, 3.63) is 11.6 Å². The van der Waals surface area contributed by atoms with Gasteiger partial charge in [-0.1, -0.05) is 49.3 Å². The Morgan fingerprint density at radius 3 is 2.71 bits per heavy atom. The summed E-state index contributed by atoms with van der Waals surface area (Å²) >= 11 is 3.98. The van der Waals surface area contributed by atoms with E-state index in [1.165, 1.54) is 53.7 Å². The molecule has 3 rings (SSSR count). The Balaban J connectivity index is 1.39. The summed E-state index contributed by atoms with van der Waals surface area (Å²) < 4.78 is 0.660. The first-order valence-corrected chi connectivity index (χ1v) is 12.3. The van der Waals surface area contributed by atoms with Crippen molar-refractivity contribution in [3.8, 4) is 0 Å². The molecule has 0 unspecified atom stereocenters. The van der Waals surface area contributed by atoms with Crippen molar-refractivity contribution in [2.24, 2.45) is 11.8 Å². The van der Waals surface area contributed by atoms with Crippen molar-refractivity contribution in [2.75, 3.05) is 16.4 Å². The van der Waals surface area contributed by atoms with Crippen molar-refractivity contribution in [1.82, 2.24) is 15.2 Å². The Hall–Kier alpha value is -1.52. The molecule has 1 saturated carbocycles. The van der Waals surface area contributed by atoms with Crippen LogP contribution in [-0.2, 0) is 9.59 Å². The van der Waals surface area contributed by atoms with E-state index in [0.717, 1.165) is 31.6 Å². The number of aromatic nitrogens is 3. The van der Waals surface area contributed by atoms with Crippen LogP contribution in [0.15, 0.2) is 15.9 Å². The number of hydrogen-bond acceptors (Lipinski definition) is 8. The molecule has 0 atom stereocenters. The van der Waals surface area contributed by atoms with Gasteiger partial charge in [-0.15, -0.1) is 21.5 Å². The van der Waals surface area contributed by atoms with E-state index in [9.17, 15) is 9.59 Å². The Morgan fingerprint density at radius 2 is 2.00 bits per heavy atom. The number of amides is 2. The molecule has 0 aromatic carbocycles. The van der Waals surface area contributed by atoms with Crippen LogP contribution in [-0.4, -0.2) is 32.7 Å². The molecule has 2 N–H and O–H groups in total. The lowest BCUT2D eigenvalue weighted by Crippen LogP contribution is -2.27. The molecular weight excluding hydrogens is 414 g/mol. The molecule has 0 saturated heterocycles. The number of carbonyl (C=O) groups excluding carboxylic acids is 2. The Bertz CT molecular complexity index is 757. The average Bonchev–Trinajstić information content (AvgIpc) is 3.37. The standard InChI is InChI=1S/C18H25N5O2S3/c1-2-3-4-12-5-7-13(8-6-12)15(25)21-17-22-23-18(28-17)27-11-14(24)20-16-19-9-10-26-16/h9-10,12-13H,2-8,11H2,1H3,(H,19,20,24)(H,21,22,25). The fourth-order valence-corrected chi connectivity index (χ4v) is 5.40. The molecule has 7 nitrogen and oxygen atoms in total. The predicted octanol–water partition coefficient (Wildman–Crippen LogP) is 4.66. The summed E-state index contributed by atoms with van der Waals surface area (Å²) in [6, 6.07) is 0. The molecule has 2 amide bonds. The maximum absolute atomic E-state index is 12.5. The Morgan fingerprint density at radius 1 is 1.18 bits per heavy atom. The monoisotopic (exact) mass is 439 g/mol. The number of thiazole rings is 1. The molecule has 2 aromatic heterocycles. The summed E-state index contributed by atoms with van der Waals surface area (Å²) in [5, 5.41) is 16.6. The molecule has 28 heavy (non-hydrogen) atoms. The lowest BCUT2D eigenvalue weighted by Gasteiger charge is -2.27. The van der Waals surface area contributed by atoms with Gasteiger partial charge < -0.3 is 10.6 Å². The van der Waals surface area contributed by atoms with Gasteiger partial charge >= 0.3 is 0 Å². The van der Waals surface area contributed by atoms with E-state index < -0.39 is 0 Å². The van der Waals surface area contributed by atoms with Gasteiger partial charge in [-0.05, 0) is 31.6 Å². The van der Waals surface area contributed by atoms with Crippen LogP contribution in [0.5, 0.6) is 0 Å². The molecule has 1 fully saturated rings. The predicted molar refractivity (Wildman–Crippen MR) is 115 cm³/mol. The van der Waals surface area contributed by atoms with Crippen molar-refractivity contribution >= 4 is 56.5 Å². The third-order valence-electron chi connectivity index (χ3n) is 4.83. The molecule has 152 valence electrons. The number of nitrogens with one attached hydrogen (secondary N) is 2. The number of carbonyl (C=O) groups is 2. The van der Waals surface area contributed by atoms with Crippen molar-refractivity contribution < 1.29 is 9.59 Å². The summed E-state index contributed by atoms with van der Waals surface area (Å²) in [6.07, 6.45) is 9.66. The minimum atomic E-state index is -0.138. The fraction of sp³-hybridized carbons (Fsp3) is 0.611. The second kappa shape index (κ2) is 10.9. The fourth-order valence-electron chi connectivity index (χ4n) is 3.30.